The van der Waals surface area contributed by atoms with Crippen molar-refractivity contribution < 1.29 is 4.39 Å². The van der Waals surface area contributed by atoms with Crippen LogP contribution in [0.5, 0.6) is 0 Å². The van der Waals surface area contributed by atoms with Crippen LogP contribution >= 0.6 is 27.7 Å². The van der Waals surface area contributed by atoms with Crippen molar-refractivity contribution in [3.63, 3.8) is 0 Å². The van der Waals surface area contributed by atoms with Gasteiger partial charge in [0, 0.05) is 12.8 Å². The SMILES string of the molecule is Cc1cc(SCc2ccc(F)c(Br)c2)n(C)n1. The number of thioether (sulfide) groups is 1. The summed E-state index contributed by atoms with van der Waals surface area (Å²) in [7, 11) is 1.93. The van der Waals surface area contributed by atoms with Gasteiger partial charge in [0.1, 0.15) is 5.82 Å². The summed E-state index contributed by atoms with van der Waals surface area (Å²) in [6.07, 6.45) is 0. The molecular formula is C12H12BrFN2S. The van der Waals surface area contributed by atoms with Gasteiger partial charge in [-0.3, -0.25) is 4.68 Å². The van der Waals surface area contributed by atoms with Crippen molar-refractivity contribution in [3.8, 4) is 0 Å². The van der Waals surface area contributed by atoms with Crippen molar-refractivity contribution in [2.75, 3.05) is 0 Å². The van der Waals surface area contributed by atoms with Crippen LogP contribution in [0, 0.1) is 12.7 Å². The zero-order chi connectivity index (χ0) is 12.4. The van der Waals surface area contributed by atoms with Gasteiger partial charge in [-0.2, -0.15) is 5.10 Å². The van der Waals surface area contributed by atoms with Gasteiger partial charge in [0.25, 0.3) is 0 Å². The molecular weight excluding hydrogens is 303 g/mol. The summed E-state index contributed by atoms with van der Waals surface area (Å²) < 4.78 is 15.4. The van der Waals surface area contributed by atoms with Crippen LogP contribution < -0.4 is 0 Å². The molecule has 2 rings (SSSR count). The third kappa shape index (κ3) is 3.10. The molecule has 5 heteroatoms. The first kappa shape index (κ1) is 12.6. The second-order valence-corrected chi connectivity index (χ2v) is 5.63. The fraction of sp³-hybridized carbons (Fsp3) is 0.250. The summed E-state index contributed by atoms with van der Waals surface area (Å²) in [6, 6.07) is 7.14. The summed E-state index contributed by atoms with van der Waals surface area (Å²) in [5.74, 6) is 0.577. The lowest BCUT2D eigenvalue weighted by Crippen LogP contribution is -1.93. The normalized spacial score (nSPS) is 10.8. The number of halogens is 2. The maximum atomic E-state index is 13.1. The first-order valence-electron chi connectivity index (χ1n) is 5.13. The Hall–Kier alpha value is -0.810. The van der Waals surface area contributed by atoms with Crippen LogP contribution in [0.4, 0.5) is 4.39 Å². The zero-order valence-corrected chi connectivity index (χ0v) is 12.0. The Bertz CT molecular complexity index is 539. The van der Waals surface area contributed by atoms with Gasteiger partial charge in [-0.15, -0.1) is 11.8 Å². The van der Waals surface area contributed by atoms with Gasteiger partial charge in [-0.1, -0.05) is 6.07 Å². The van der Waals surface area contributed by atoms with Crippen LogP contribution in [0.2, 0.25) is 0 Å². The van der Waals surface area contributed by atoms with Crippen molar-refractivity contribution in [2.24, 2.45) is 7.05 Å². The molecule has 0 amide bonds. The molecule has 0 bridgehead atoms. The van der Waals surface area contributed by atoms with Gasteiger partial charge in [0.05, 0.1) is 15.2 Å². The molecule has 17 heavy (non-hydrogen) atoms. The van der Waals surface area contributed by atoms with Crippen LogP contribution in [-0.2, 0) is 12.8 Å². The summed E-state index contributed by atoms with van der Waals surface area (Å²) in [4.78, 5) is 0. The number of benzene rings is 1. The molecule has 0 fully saturated rings. The Morgan fingerprint density at radius 3 is 2.76 bits per heavy atom. The minimum atomic E-state index is -0.227. The number of nitrogens with zero attached hydrogens (tertiary/aromatic N) is 2. The molecule has 0 radical (unpaired) electrons. The standard InChI is InChI=1S/C12H12BrFN2S/c1-8-5-12(16(2)15-8)17-7-9-3-4-11(14)10(13)6-9/h3-6H,7H2,1-2H3. The molecule has 2 aromatic rings. The molecule has 0 unspecified atom stereocenters. The number of rotatable bonds is 3. The highest BCUT2D eigenvalue weighted by molar-refractivity contribution is 9.10. The van der Waals surface area contributed by atoms with Gasteiger partial charge in [0.15, 0.2) is 0 Å². The van der Waals surface area contributed by atoms with Crippen molar-refractivity contribution in [3.05, 3.63) is 45.8 Å². The third-order valence-corrected chi connectivity index (χ3v) is 4.09. The van der Waals surface area contributed by atoms with Gasteiger partial charge < -0.3 is 0 Å². The van der Waals surface area contributed by atoms with Crippen LogP contribution in [0.15, 0.2) is 33.8 Å². The van der Waals surface area contributed by atoms with Crippen molar-refractivity contribution in [2.45, 2.75) is 17.7 Å². The van der Waals surface area contributed by atoms with Gasteiger partial charge in [0.2, 0.25) is 0 Å². The second kappa shape index (κ2) is 5.23. The highest BCUT2D eigenvalue weighted by Gasteiger charge is 2.05. The molecule has 0 atom stereocenters. The van der Waals surface area contributed by atoms with Crippen LogP contribution in [0.1, 0.15) is 11.3 Å². The highest BCUT2D eigenvalue weighted by atomic mass is 79.9. The summed E-state index contributed by atoms with van der Waals surface area (Å²) in [5.41, 5.74) is 2.09. The van der Waals surface area contributed by atoms with Gasteiger partial charge >= 0.3 is 0 Å². The second-order valence-electron chi connectivity index (χ2n) is 3.78. The third-order valence-electron chi connectivity index (χ3n) is 2.33. The maximum Gasteiger partial charge on any atom is 0.137 e. The van der Waals surface area contributed by atoms with Crippen LogP contribution in [-0.4, -0.2) is 9.78 Å². The van der Waals surface area contributed by atoms with Gasteiger partial charge in [-0.05, 0) is 46.6 Å². The molecule has 1 heterocycles. The van der Waals surface area contributed by atoms with Crippen molar-refractivity contribution in [1.29, 1.82) is 0 Å². The predicted molar refractivity (Wildman–Crippen MR) is 71.6 cm³/mol. The average molecular weight is 315 g/mol. The van der Waals surface area contributed by atoms with Gasteiger partial charge in [-0.25, -0.2) is 4.39 Å². The minimum Gasteiger partial charge on any atom is -0.262 e. The summed E-state index contributed by atoms with van der Waals surface area (Å²) in [5, 5.41) is 5.40. The van der Waals surface area contributed by atoms with Crippen LogP contribution in [0.25, 0.3) is 0 Å². The van der Waals surface area contributed by atoms with E-state index in [1.165, 1.54) is 6.07 Å². The monoisotopic (exact) mass is 314 g/mol. The fourth-order valence-corrected chi connectivity index (χ4v) is 2.91. The Labute approximate surface area is 112 Å². The van der Waals surface area contributed by atoms with E-state index in [4.69, 9.17) is 0 Å². The molecule has 1 aromatic heterocycles. The lowest BCUT2D eigenvalue weighted by atomic mass is 10.2. The molecule has 0 saturated carbocycles. The van der Waals surface area contributed by atoms with Crippen LogP contribution in [0.3, 0.4) is 0 Å². The van der Waals surface area contributed by atoms with E-state index in [0.717, 1.165) is 22.0 Å². The quantitative estimate of drug-likeness (QED) is 0.799. The Balaban J connectivity index is 2.07. The minimum absolute atomic E-state index is 0.227. The molecule has 0 aliphatic rings. The first-order chi connectivity index (χ1) is 8.06. The lowest BCUT2D eigenvalue weighted by molar-refractivity contribution is 0.620. The van der Waals surface area contributed by atoms with E-state index in [1.54, 1.807) is 17.8 Å². The fourth-order valence-electron chi connectivity index (χ4n) is 1.51. The highest BCUT2D eigenvalue weighted by Crippen LogP contribution is 2.25. The molecule has 90 valence electrons. The molecule has 0 N–H and O–H groups in total. The predicted octanol–water partition coefficient (Wildman–Crippen LogP) is 3.92. The number of aryl methyl sites for hydroxylation is 2. The topological polar surface area (TPSA) is 17.8 Å². The number of hydrogen-bond donors (Lipinski definition) is 0. The number of aromatic nitrogens is 2. The lowest BCUT2D eigenvalue weighted by Gasteiger charge is -2.03. The van der Waals surface area contributed by atoms with E-state index < -0.39 is 0 Å². The Morgan fingerprint density at radius 2 is 2.18 bits per heavy atom. The van der Waals surface area contributed by atoms with E-state index >= 15 is 0 Å². The smallest absolute Gasteiger partial charge is 0.137 e. The molecule has 0 aliphatic carbocycles. The summed E-state index contributed by atoms with van der Waals surface area (Å²) in [6.45, 7) is 1.97. The van der Waals surface area contributed by atoms with E-state index in [-0.39, 0.29) is 5.82 Å². The largest absolute Gasteiger partial charge is 0.262 e. The first-order valence-corrected chi connectivity index (χ1v) is 6.91. The molecule has 1 aromatic carbocycles. The van der Waals surface area contributed by atoms with E-state index in [1.807, 2.05) is 30.8 Å². The molecule has 2 nitrogen and oxygen atoms in total. The molecule has 0 saturated heterocycles. The van der Waals surface area contributed by atoms with E-state index in [2.05, 4.69) is 21.0 Å². The van der Waals surface area contributed by atoms with E-state index in [9.17, 15) is 4.39 Å². The summed E-state index contributed by atoms with van der Waals surface area (Å²) >= 11 is 4.88. The van der Waals surface area contributed by atoms with Crippen molar-refractivity contribution >= 4 is 27.7 Å². The molecule has 0 aliphatic heterocycles. The molecule has 0 spiro atoms. The van der Waals surface area contributed by atoms with Crippen molar-refractivity contribution in [1.82, 2.24) is 9.78 Å². The average Bonchev–Trinajstić information content (AvgIpc) is 2.59. The Morgan fingerprint density at radius 1 is 1.41 bits per heavy atom. The maximum absolute atomic E-state index is 13.1. The number of hydrogen-bond acceptors (Lipinski definition) is 2. The zero-order valence-electron chi connectivity index (χ0n) is 9.58. The van der Waals surface area contributed by atoms with E-state index in [0.29, 0.717) is 4.47 Å². The Kier molecular flexibility index (Phi) is 3.89.